The number of nitrogens with one attached hydrogen (secondary N) is 1. The van der Waals surface area contributed by atoms with Crippen LogP contribution in [0.1, 0.15) is 5.82 Å². The fourth-order valence-electron chi connectivity index (χ4n) is 1.37. The van der Waals surface area contributed by atoms with Gasteiger partial charge in [0.05, 0.1) is 0 Å². The van der Waals surface area contributed by atoms with Gasteiger partial charge in [0, 0.05) is 11.8 Å². The van der Waals surface area contributed by atoms with Crippen LogP contribution in [0.2, 0.25) is 0 Å². The summed E-state index contributed by atoms with van der Waals surface area (Å²) in [6, 6.07) is 6.34. The molecule has 2 rings (SSSR count). The Morgan fingerprint density at radius 3 is 2.47 bits per heavy atom. The third-order valence-corrected chi connectivity index (χ3v) is 2.10. The number of anilines is 3. The van der Waals surface area contributed by atoms with Gasteiger partial charge in [-0.15, -0.1) is 0 Å². The van der Waals surface area contributed by atoms with E-state index in [4.69, 9.17) is 5.73 Å². The molecule has 0 spiro atoms. The third-order valence-electron chi connectivity index (χ3n) is 2.10. The summed E-state index contributed by atoms with van der Waals surface area (Å²) in [5.41, 5.74) is 5.53. The minimum atomic E-state index is -4.70. The number of nitrogen functional groups attached to an aromatic ring is 1. The van der Waals surface area contributed by atoms with Gasteiger partial charge in [-0.1, -0.05) is 6.07 Å². The van der Waals surface area contributed by atoms with E-state index < -0.39 is 17.8 Å². The lowest BCUT2D eigenvalue weighted by Gasteiger charge is -2.10. The lowest BCUT2D eigenvalue weighted by Crippen LogP contribution is -2.13. The number of benzene rings is 1. The van der Waals surface area contributed by atoms with E-state index in [0.717, 1.165) is 12.1 Å². The van der Waals surface area contributed by atoms with Crippen LogP contribution in [-0.2, 0) is 6.18 Å². The molecule has 100 valence electrons. The second-order valence-electron chi connectivity index (χ2n) is 3.63. The molecule has 0 aliphatic heterocycles. The van der Waals surface area contributed by atoms with Gasteiger partial charge < -0.3 is 11.1 Å². The molecule has 8 heteroatoms. The normalized spacial score (nSPS) is 11.4. The summed E-state index contributed by atoms with van der Waals surface area (Å²) < 4.78 is 50.4. The molecule has 4 nitrogen and oxygen atoms in total. The van der Waals surface area contributed by atoms with E-state index in [9.17, 15) is 17.6 Å². The molecule has 1 aromatic carbocycles. The van der Waals surface area contributed by atoms with Crippen molar-refractivity contribution in [3.8, 4) is 0 Å². The maximum absolute atomic E-state index is 12.9. The van der Waals surface area contributed by atoms with E-state index in [1.54, 1.807) is 0 Å². The molecule has 0 unspecified atom stereocenters. The summed E-state index contributed by atoms with van der Waals surface area (Å²) in [7, 11) is 0. The summed E-state index contributed by atoms with van der Waals surface area (Å²) in [5.74, 6) is -2.37. The fraction of sp³-hybridized carbons (Fsp3) is 0.0909. The first kappa shape index (κ1) is 13.1. The second kappa shape index (κ2) is 4.71. The van der Waals surface area contributed by atoms with Crippen LogP contribution in [0.25, 0.3) is 0 Å². The highest BCUT2D eigenvalue weighted by atomic mass is 19.4. The number of rotatable bonds is 2. The quantitative estimate of drug-likeness (QED) is 0.825. The van der Waals surface area contributed by atoms with Gasteiger partial charge in [0.2, 0.25) is 5.82 Å². The Morgan fingerprint density at radius 2 is 1.84 bits per heavy atom. The molecule has 19 heavy (non-hydrogen) atoms. The number of nitrogens with zero attached hydrogens (tertiary/aromatic N) is 2. The minimum Gasteiger partial charge on any atom is -0.384 e. The first-order valence-corrected chi connectivity index (χ1v) is 5.09. The predicted octanol–water partition coefficient (Wildman–Crippen LogP) is 2.96. The van der Waals surface area contributed by atoms with Gasteiger partial charge in [0.1, 0.15) is 17.5 Å². The SMILES string of the molecule is Nc1cc(Nc2cccc(F)c2)nc(C(F)(F)F)n1. The van der Waals surface area contributed by atoms with Gasteiger partial charge in [0.15, 0.2) is 0 Å². The number of nitrogens with two attached hydrogens (primary N) is 1. The maximum atomic E-state index is 12.9. The Hall–Kier alpha value is -2.38. The molecule has 1 heterocycles. The lowest BCUT2D eigenvalue weighted by atomic mass is 10.3. The molecule has 3 N–H and O–H groups in total. The molecule has 0 bridgehead atoms. The highest BCUT2D eigenvalue weighted by Gasteiger charge is 2.35. The summed E-state index contributed by atoms with van der Waals surface area (Å²) in [6.45, 7) is 0. The zero-order chi connectivity index (χ0) is 14.0. The summed E-state index contributed by atoms with van der Waals surface area (Å²) in [6.07, 6.45) is -4.70. The van der Waals surface area contributed by atoms with Crippen molar-refractivity contribution in [2.24, 2.45) is 0 Å². The first-order valence-electron chi connectivity index (χ1n) is 5.09. The molecular weight excluding hydrogens is 264 g/mol. The minimum absolute atomic E-state index is 0.162. The van der Waals surface area contributed by atoms with E-state index >= 15 is 0 Å². The predicted molar refractivity (Wildman–Crippen MR) is 61.1 cm³/mol. The Bertz CT molecular complexity index is 597. The van der Waals surface area contributed by atoms with Gasteiger partial charge in [0.25, 0.3) is 0 Å². The second-order valence-corrected chi connectivity index (χ2v) is 3.63. The topological polar surface area (TPSA) is 63.8 Å². The molecule has 0 aliphatic rings. The van der Waals surface area contributed by atoms with E-state index in [2.05, 4.69) is 15.3 Å². The Kier molecular flexibility index (Phi) is 3.24. The summed E-state index contributed by atoms with van der Waals surface area (Å²) >= 11 is 0. The van der Waals surface area contributed by atoms with E-state index in [1.165, 1.54) is 18.2 Å². The van der Waals surface area contributed by atoms with Crippen molar-refractivity contribution >= 4 is 17.3 Å². The Morgan fingerprint density at radius 1 is 1.11 bits per heavy atom. The zero-order valence-corrected chi connectivity index (χ0v) is 9.37. The van der Waals surface area contributed by atoms with Gasteiger partial charge in [-0.3, -0.25) is 0 Å². The lowest BCUT2D eigenvalue weighted by molar-refractivity contribution is -0.144. The van der Waals surface area contributed by atoms with Crippen molar-refractivity contribution in [3.63, 3.8) is 0 Å². The number of hydrogen-bond donors (Lipinski definition) is 2. The van der Waals surface area contributed by atoms with Crippen molar-refractivity contribution in [1.82, 2.24) is 9.97 Å². The maximum Gasteiger partial charge on any atom is 0.451 e. The molecule has 0 aliphatic carbocycles. The molecule has 0 saturated carbocycles. The van der Waals surface area contributed by atoms with Crippen LogP contribution in [0.4, 0.5) is 34.9 Å². The Labute approximate surface area is 105 Å². The van der Waals surface area contributed by atoms with E-state index in [0.29, 0.717) is 0 Å². The highest BCUT2D eigenvalue weighted by Crippen LogP contribution is 2.28. The van der Waals surface area contributed by atoms with E-state index in [-0.39, 0.29) is 17.3 Å². The average Bonchev–Trinajstić information content (AvgIpc) is 2.26. The molecule has 0 radical (unpaired) electrons. The molecule has 0 atom stereocenters. The van der Waals surface area contributed by atoms with Crippen molar-refractivity contribution < 1.29 is 17.6 Å². The molecular formula is C11H8F4N4. The van der Waals surface area contributed by atoms with Crippen molar-refractivity contribution in [2.45, 2.75) is 6.18 Å². The summed E-state index contributed by atoms with van der Waals surface area (Å²) in [5, 5.41) is 2.53. The smallest absolute Gasteiger partial charge is 0.384 e. The molecule has 2 aromatic rings. The van der Waals surface area contributed by atoms with Gasteiger partial charge in [-0.25, -0.2) is 14.4 Å². The van der Waals surface area contributed by atoms with E-state index in [1.807, 2.05) is 0 Å². The Balaban J connectivity index is 2.33. The van der Waals surface area contributed by atoms with Crippen molar-refractivity contribution in [1.29, 1.82) is 0 Å². The van der Waals surface area contributed by atoms with Gasteiger partial charge >= 0.3 is 6.18 Å². The van der Waals surface area contributed by atoms with Crippen LogP contribution in [0, 0.1) is 5.82 Å². The fourth-order valence-corrected chi connectivity index (χ4v) is 1.37. The largest absolute Gasteiger partial charge is 0.451 e. The van der Waals surface area contributed by atoms with Crippen LogP contribution < -0.4 is 11.1 Å². The monoisotopic (exact) mass is 272 g/mol. The van der Waals surface area contributed by atoms with Gasteiger partial charge in [-0.05, 0) is 18.2 Å². The first-order chi connectivity index (χ1) is 8.84. The summed E-state index contributed by atoms with van der Waals surface area (Å²) in [4.78, 5) is 6.37. The number of halogens is 4. The standard InChI is InChI=1S/C11H8F4N4/c12-6-2-1-3-7(4-6)17-9-5-8(16)18-10(19-9)11(13,14)15/h1-5H,(H3,16,17,18,19). The zero-order valence-electron chi connectivity index (χ0n) is 9.37. The van der Waals surface area contributed by atoms with Crippen LogP contribution in [0.5, 0.6) is 0 Å². The van der Waals surface area contributed by atoms with Crippen molar-refractivity contribution in [2.75, 3.05) is 11.1 Å². The molecule has 0 fully saturated rings. The number of alkyl halides is 3. The third kappa shape index (κ3) is 3.30. The highest BCUT2D eigenvalue weighted by molar-refractivity contribution is 5.58. The van der Waals surface area contributed by atoms with Crippen molar-refractivity contribution in [3.05, 3.63) is 42.0 Å². The molecule has 1 aromatic heterocycles. The number of aromatic nitrogens is 2. The number of hydrogen-bond acceptors (Lipinski definition) is 4. The van der Waals surface area contributed by atoms with Crippen LogP contribution in [0.3, 0.4) is 0 Å². The molecule has 0 saturated heterocycles. The molecule has 0 amide bonds. The van der Waals surface area contributed by atoms with Crippen LogP contribution >= 0.6 is 0 Å². The van der Waals surface area contributed by atoms with Crippen LogP contribution in [0.15, 0.2) is 30.3 Å². The van der Waals surface area contributed by atoms with Gasteiger partial charge in [-0.2, -0.15) is 13.2 Å². The average molecular weight is 272 g/mol. The van der Waals surface area contributed by atoms with Crippen LogP contribution in [-0.4, -0.2) is 9.97 Å².